The van der Waals surface area contributed by atoms with E-state index in [4.69, 9.17) is 11.6 Å². The number of carbonyl (C=O) groups is 1. The Bertz CT molecular complexity index is 496. The summed E-state index contributed by atoms with van der Waals surface area (Å²) in [5.41, 5.74) is 2.25. The Labute approximate surface area is 96.1 Å². The zero-order valence-corrected chi connectivity index (χ0v) is 9.87. The zero-order valence-electron chi connectivity index (χ0n) is 8.30. The van der Waals surface area contributed by atoms with E-state index in [1.807, 2.05) is 13.8 Å². The van der Waals surface area contributed by atoms with E-state index in [0.717, 1.165) is 11.4 Å². The molecule has 2 heterocycles. The van der Waals surface area contributed by atoms with Gasteiger partial charge in [-0.2, -0.15) is 0 Å². The zero-order chi connectivity index (χ0) is 11.0. The molecule has 0 atom stereocenters. The summed E-state index contributed by atoms with van der Waals surface area (Å²) in [7, 11) is 0. The summed E-state index contributed by atoms with van der Waals surface area (Å²) in [4.78, 5) is 19.0. The Hall–Kier alpha value is -1.13. The first-order valence-corrected chi connectivity index (χ1v) is 5.66. The highest BCUT2D eigenvalue weighted by molar-refractivity contribution is 7.14. The molecule has 0 aliphatic rings. The molecule has 2 aromatic rings. The van der Waals surface area contributed by atoms with Crippen LogP contribution in [0.4, 0.5) is 0 Å². The van der Waals surface area contributed by atoms with Gasteiger partial charge in [-0.05, 0) is 25.3 Å². The van der Waals surface area contributed by atoms with E-state index in [0.29, 0.717) is 15.7 Å². The SMILES string of the molecule is Cc1nc(C(=O)c2ccsc2Cl)[nH]c1C. The van der Waals surface area contributed by atoms with E-state index in [1.54, 1.807) is 11.4 Å². The highest BCUT2D eigenvalue weighted by Crippen LogP contribution is 2.24. The minimum atomic E-state index is -0.155. The van der Waals surface area contributed by atoms with Crippen LogP contribution in [0, 0.1) is 13.8 Å². The molecule has 0 aliphatic heterocycles. The fourth-order valence-electron chi connectivity index (χ4n) is 1.24. The fraction of sp³-hybridized carbons (Fsp3) is 0.200. The number of aromatic amines is 1. The van der Waals surface area contributed by atoms with Gasteiger partial charge < -0.3 is 4.98 Å². The van der Waals surface area contributed by atoms with Crippen molar-refractivity contribution in [2.75, 3.05) is 0 Å². The Balaban J connectivity index is 2.41. The Morgan fingerprint density at radius 3 is 2.73 bits per heavy atom. The molecule has 0 radical (unpaired) electrons. The lowest BCUT2D eigenvalue weighted by molar-refractivity contribution is 0.103. The number of H-pyrrole nitrogens is 1. The van der Waals surface area contributed by atoms with Gasteiger partial charge in [0.1, 0.15) is 4.34 Å². The van der Waals surface area contributed by atoms with Gasteiger partial charge >= 0.3 is 0 Å². The first-order valence-electron chi connectivity index (χ1n) is 4.40. The van der Waals surface area contributed by atoms with E-state index in [9.17, 15) is 4.79 Å². The molecular formula is C10H9ClN2OS. The summed E-state index contributed by atoms with van der Waals surface area (Å²) in [6.45, 7) is 3.74. The Kier molecular flexibility index (Phi) is 2.63. The topological polar surface area (TPSA) is 45.8 Å². The summed E-state index contributed by atoms with van der Waals surface area (Å²) < 4.78 is 0.506. The van der Waals surface area contributed by atoms with Gasteiger partial charge in [0.05, 0.1) is 11.3 Å². The third-order valence-electron chi connectivity index (χ3n) is 2.21. The number of hydrogen-bond donors (Lipinski definition) is 1. The van der Waals surface area contributed by atoms with Crippen molar-refractivity contribution in [1.29, 1.82) is 0 Å². The number of rotatable bonds is 2. The van der Waals surface area contributed by atoms with Crippen molar-refractivity contribution < 1.29 is 4.79 Å². The van der Waals surface area contributed by atoms with Gasteiger partial charge in [0.25, 0.3) is 0 Å². The number of aromatic nitrogens is 2. The molecule has 0 unspecified atom stereocenters. The van der Waals surface area contributed by atoms with Crippen LogP contribution >= 0.6 is 22.9 Å². The minimum absolute atomic E-state index is 0.155. The third-order valence-corrected chi connectivity index (χ3v) is 3.38. The Morgan fingerprint density at radius 2 is 2.27 bits per heavy atom. The van der Waals surface area contributed by atoms with Crippen molar-refractivity contribution in [2.45, 2.75) is 13.8 Å². The Morgan fingerprint density at radius 1 is 1.53 bits per heavy atom. The van der Waals surface area contributed by atoms with Crippen molar-refractivity contribution in [1.82, 2.24) is 9.97 Å². The second-order valence-electron chi connectivity index (χ2n) is 3.23. The van der Waals surface area contributed by atoms with Gasteiger partial charge in [-0.25, -0.2) is 4.98 Å². The number of imidazole rings is 1. The van der Waals surface area contributed by atoms with Crippen molar-refractivity contribution in [3.63, 3.8) is 0 Å². The van der Waals surface area contributed by atoms with Crippen LogP contribution in [-0.2, 0) is 0 Å². The van der Waals surface area contributed by atoms with Gasteiger partial charge in [0, 0.05) is 5.69 Å². The molecule has 3 nitrogen and oxygen atoms in total. The van der Waals surface area contributed by atoms with Gasteiger partial charge in [-0.1, -0.05) is 11.6 Å². The van der Waals surface area contributed by atoms with Gasteiger partial charge in [0.2, 0.25) is 5.78 Å². The summed E-state index contributed by atoms with van der Waals surface area (Å²) in [5, 5.41) is 1.79. The van der Waals surface area contributed by atoms with Crippen LogP contribution < -0.4 is 0 Å². The van der Waals surface area contributed by atoms with Crippen molar-refractivity contribution in [2.24, 2.45) is 0 Å². The number of thiophene rings is 1. The summed E-state index contributed by atoms with van der Waals surface area (Å²) >= 11 is 7.23. The monoisotopic (exact) mass is 240 g/mol. The lowest BCUT2D eigenvalue weighted by atomic mass is 10.2. The van der Waals surface area contributed by atoms with Crippen molar-refractivity contribution in [3.8, 4) is 0 Å². The maximum Gasteiger partial charge on any atom is 0.230 e. The quantitative estimate of drug-likeness (QED) is 0.821. The predicted molar refractivity (Wildman–Crippen MR) is 60.8 cm³/mol. The smallest absolute Gasteiger partial charge is 0.230 e. The third kappa shape index (κ3) is 1.82. The van der Waals surface area contributed by atoms with Crippen LogP contribution in [0.15, 0.2) is 11.4 Å². The molecule has 0 aliphatic carbocycles. The number of nitrogens with zero attached hydrogens (tertiary/aromatic N) is 1. The van der Waals surface area contributed by atoms with E-state index >= 15 is 0 Å². The molecule has 0 bridgehead atoms. The standard InChI is InChI=1S/C10H9ClN2OS/c1-5-6(2)13-10(12-5)8(14)7-3-4-15-9(7)11/h3-4H,1-2H3,(H,12,13). The number of halogens is 1. The second-order valence-corrected chi connectivity index (χ2v) is 4.75. The highest BCUT2D eigenvalue weighted by Gasteiger charge is 2.17. The number of carbonyl (C=O) groups excluding carboxylic acids is 1. The van der Waals surface area contributed by atoms with Crippen LogP contribution in [-0.4, -0.2) is 15.8 Å². The first-order chi connectivity index (χ1) is 7.09. The van der Waals surface area contributed by atoms with Gasteiger partial charge in [-0.3, -0.25) is 4.79 Å². The van der Waals surface area contributed by atoms with E-state index in [-0.39, 0.29) is 5.78 Å². The molecule has 0 amide bonds. The van der Waals surface area contributed by atoms with Gasteiger partial charge in [-0.15, -0.1) is 11.3 Å². The number of hydrogen-bond acceptors (Lipinski definition) is 3. The molecule has 0 fully saturated rings. The number of aryl methyl sites for hydroxylation is 2. The summed E-state index contributed by atoms with van der Waals surface area (Å²) in [6.07, 6.45) is 0. The molecule has 0 spiro atoms. The van der Waals surface area contributed by atoms with Crippen molar-refractivity contribution in [3.05, 3.63) is 38.6 Å². The average molecular weight is 241 g/mol. The first kappa shape index (κ1) is 10.4. The molecule has 0 saturated heterocycles. The molecule has 15 heavy (non-hydrogen) atoms. The molecular weight excluding hydrogens is 232 g/mol. The normalized spacial score (nSPS) is 10.6. The predicted octanol–water partition coefficient (Wildman–Crippen LogP) is 2.97. The van der Waals surface area contributed by atoms with Crippen LogP contribution in [0.3, 0.4) is 0 Å². The lowest BCUT2D eigenvalue weighted by Gasteiger charge is -1.93. The molecule has 0 aromatic carbocycles. The largest absolute Gasteiger partial charge is 0.339 e. The summed E-state index contributed by atoms with van der Waals surface area (Å²) in [5.74, 6) is 0.197. The van der Waals surface area contributed by atoms with E-state index in [2.05, 4.69) is 9.97 Å². The molecule has 78 valence electrons. The maximum atomic E-state index is 11.9. The number of ketones is 1. The molecule has 2 aromatic heterocycles. The number of nitrogens with one attached hydrogen (secondary N) is 1. The minimum Gasteiger partial charge on any atom is -0.339 e. The van der Waals surface area contributed by atoms with Gasteiger partial charge in [0.15, 0.2) is 5.82 Å². The molecule has 2 rings (SSSR count). The molecule has 1 N–H and O–H groups in total. The molecule has 0 saturated carbocycles. The lowest BCUT2D eigenvalue weighted by Crippen LogP contribution is -2.02. The van der Waals surface area contributed by atoms with Crippen LogP contribution in [0.2, 0.25) is 4.34 Å². The second kappa shape index (κ2) is 3.79. The maximum absolute atomic E-state index is 11.9. The highest BCUT2D eigenvalue weighted by atomic mass is 35.5. The van der Waals surface area contributed by atoms with E-state index < -0.39 is 0 Å². The van der Waals surface area contributed by atoms with Crippen LogP contribution in [0.5, 0.6) is 0 Å². The summed E-state index contributed by atoms with van der Waals surface area (Å²) in [6, 6.07) is 1.71. The fourth-order valence-corrected chi connectivity index (χ4v) is 2.15. The van der Waals surface area contributed by atoms with E-state index in [1.165, 1.54) is 11.3 Å². The molecule has 5 heteroatoms. The van der Waals surface area contributed by atoms with Crippen molar-refractivity contribution >= 4 is 28.7 Å². The van der Waals surface area contributed by atoms with Crippen LogP contribution in [0.25, 0.3) is 0 Å². The average Bonchev–Trinajstić information content (AvgIpc) is 2.74. The van der Waals surface area contributed by atoms with Crippen LogP contribution in [0.1, 0.15) is 27.6 Å².